The number of amides is 1. The minimum Gasteiger partial charge on any atom is -0.341 e. The van der Waals surface area contributed by atoms with E-state index in [4.69, 9.17) is 0 Å². The highest BCUT2D eigenvalue weighted by Gasteiger charge is 2.33. The third kappa shape index (κ3) is 5.08. The van der Waals surface area contributed by atoms with Crippen molar-refractivity contribution in [3.8, 4) is 0 Å². The molecule has 0 aromatic heterocycles. The molecule has 3 nitrogen and oxygen atoms in total. The summed E-state index contributed by atoms with van der Waals surface area (Å²) in [5, 5.41) is 3.68. The summed E-state index contributed by atoms with van der Waals surface area (Å²) in [4.78, 5) is 14.4. The number of nitrogens with zero attached hydrogens (tertiary/aromatic N) is 1. The molecule has 1 aliphatic heterocycles. The van der Waals surface area contributed by atoms with Crippen LogP contribution >= 0.6 is 0 Å². The van der Waals surface area contributed by atoms with Crippen LogP contribution in [-0.4, -0.2) is 36.5 Å². The van der Waals surface area contributed by atoms with Crippen LogP contribution < -0.4 is 5.32 Å². The Morgan fingerprint density at radius 2 is 2.00 bits per heavy atom. The first-order valence-electron chi connectivity index (χ1n) is 8.59. The smallest absolute Gasteiger partial charge is 0.222 e. The van der Waals surface area contributed by atoms with Crippen molar-refractivity contribution in [2.24, 2.45) is 17.8 Å². The molecular weight excluding hydrogens is 248 g/mol. The van der Waals surface area contributed by atoms with E-state index in [-0.39, 0.29) is 0 Å². The Hall–Kier alpha value is -0.570. The second-order valence-electron chi connectivity index (χ2n) is 7.33. The maximum atomic E-state index is 12.2. The molecule has 1 amide bonds. The summed E-state index contributed by atoms with van der Waals surface area (Å²) in [6.07, 6.45) is 7.13. The van der Waals surface area contributed by atoms with E-state index in [1.807, 2.05) is 0 Å². The van der Waals surface area contributed by atoms with Gasteiger partial charge in [0.05, 0.1) is 0 Å². The number of nitrogens with one attached hydrogen (secondary N) is 1. The van der Waals surface area contributed by atoms with Crippen molar-refractivity contribution >= 4 is 5.91 Å². The average molecular weight is 280 g/mol. The molecule has 1 N–H and O–H groups in total. The fourth-order valence-electron chi connectivity index (χ4n) is 3.33. The predicted molar refractivity (Wildman–Crippen MR) is 83.6 cm³/mol. The standard InChI is InChI=1S/C17H32N2O/c1-4-5-17(20)19-11-15(8-14-6-7-14)9-16(12-19)18-10-13(2)3/h13-16,18H,4-12H2,1-3H3. The molecule has 20 heavy (non-hydrogen) atoms. The van der Waals surface area contributed by atoms with Crippen LogP contribution in [0.2, 0.25) is 0 Å². The first-order chi connectivity index (χ1) is 9.58. The molecule has 2 aliphatic rings. The molecule has 2 unspecified atom stereocenters. The van der Waals surface area contributed by atoms with Gasteiger partial charge in [0.25, 0.3) is 0 Å². The molecule has 0 aromatic rings. The highest BCUT2D eigenvalue weighted by Crippen LogP contribution is 2.37. The maximum Gasteiger partial charge on any atom is 0.222 e. The van der Waals surface area contributed by atoms with Gasteiger partial charge in [-0.15, -0.1) is 0 Å². The number of likely N-dealkylation sites (tertiary alicyclic amines) is 1. The number of hydrogen-bond donors (Lipinski definition) is 1. The summed E-state index contributed by atoms with van der Waals surface area (Å²) in [6.45, 7) is 9.59. The molecule has 1 saturated carbocycles. The number of rotatable bonds is 7. The van der Waals surface area contributed by atoms with E-state index in [0.717, 1.165) is 37.9 Å². The lowest BCUT2D eigenvalue weighted by Gasteiger charge is -2.39. The van der Waals surface area contributed by atoms with Crippen LogP contribution in [0.15, 0.2) is 0 Å². The number of carbonyl (C=O) groups excluding carboxylic acids is 1. The van der Waals surface area contributed by atoms with Gasteiger partial charge in [0.1, 0.15) is 0 Å². The molecule has 2 atom stereocenters. The molecule has 116 valence electrons. The fourth-order valence-corrected chi connectivity index (χ4v) is 3.33. The molecule has 0 aromatic carbocycles. The van der Waals surface area contributed by atoms with E-state index >= 15 is 0 Å². The Morgan fingerprint density at radius 3 is 2.60 bits per heavy atom. The largest absolute Gasteiger partial charge is 0.341 e. The molecule has 2 rings (SSSR count). The van der Waals surface area contributed by atoms with Crippen molar-refractivity contribution in [1.82, 2.24) is 10.2 Å². The van der Waals surface area contributed by atoms with Crippen molar-refractivity contribution < 1.29 is 4.79 Å². The minimum absolute atomic E-state index is 0.365. The summed E-state index contributed by atoms with van der Waals surface area (Å²) in [5.41, 5.74) is 0. The lowest BCUT2D eigenvalue weighted by molar-refractivity contribution is -0.133. The zero-order valence-corrected chi connectivity index (χ0v) is 13.5. The Balaban J connectivity index is 1.88. The molecule has 0 spiro atoms. The van der Waals surface area contributed by atoms with Gasteiger partial charge in [-0.1, -0.05) is 33.6 Å². The zero-order chi connectivity index (χ0) is 14.5. The molecule has 3 heteroatoms. The van der Waals surface area contributed by atoms with Gasteiger partial charge in [0.15, 0.2) is 0 Å². The second-order valence-corrected chi connectivity index (χ2v) is 7.33. The van der Waals surface area contributed by atoms with E-state index in [1.54, 1.807) is 0 Å². The van der Waals surface area contributed by atoms with E-state index < -0.39 is 0 Å². The molecule has 1 aliphatic carbocycles. The monoisotopic (exact) mass is 280 g/mol. The van der Waals surface area contributed by atoms with Crippen LogP contribution in [0, 0.1) is 17.8 Å². The van der Waals surface area contributed by atoms with Crippen molar-refractivity contribution in [3.63, 3.8) is 0 Å². The van der Waals surface area contributed by atoms with Gasteiger partial charge in [-0.3, -0.25) is 4.79 Å². The summed E-state index contributed by atoms with van der Waals surface area (Å²) < 4.78 is 0. The van der Waals surface area contributed by atoms with Gasteiger partial charge in [-0.2, -0.15) is 0 Å². The number of piperidine rings is 1. The van der Waals surface area contributed by atoms with E-state index in [9.17, 15) is 4.79 Å². The van der Waals surface area contributed by atoms with Gasteiger partial charge < -0.3 is 10.2 Å². The quantitative estimate of drug-likeness (QED) is 0.777. The SMILES string of the molecule is CCCC(=O)N1CC(CC2CC2)CC(NCC(C)C)C1. The topological polar surface area (TPSA) is 32.3 Å². The van der Waals surface area contributed by atoms with Crippen LogP contribution in [0.1, 0.15) is 59.3 Å². The Bertz CT molecular complexity index is 312. The van der Waals surface area contributed by atoms with Gasteiger partial charge in [0, 0.05) is 25.6 Å². The van der Waals surface area contributed by atoms with Gasteiger partial charge in [-0.05, 0) is 43.6 Å². The summed E-state index contributed by atoms with van der Waals surface area (Å²) in [7, 11) is 0. The first kappa shape index (κ1) is 15.8. The average Bonchev–Trinajstić information content (AvgIpc) is 3.20. The fraction of sp³-hybridized carbons (Fsp3) is 0.941. The molecule has 2 fully saturated rings. The van der Waals surface area contributed by atoms with E-state index in [0.29, 0.717) is 24.3 Å². The van der Waals surface area contributed by atoms with Crippen molar-refractivity contribution in [3.05, 3.63) is 0 Å². The highest BCUT2D eigenvalue weighted by molar-refractivity contribution is 5.76. The first-order valence-corrected chi connectivity index (χ1v) is 8.59. The Labute approximate surface area is 124 Å². The third-order valence-electron chi connectivity index (χ3n) is 4.53. The normalized spacial score (nSPS) is 27.1. The lowest BCUT2D eigenvalue weighted by atomic mass is 9.89. The van der Waals surface area contributed by atoms with Crippen molar-refractivity contribution in [2.45, 2.75) is 65.3 Å². The number of carbonyl (C=O) groups is 1. The molecule has 1 saturated heterocycles. The molecular formula is C17H32N2O. The summed E-state index contributed by atoms with van der Waals surface area (Å²) in [6, 6.07) is 0.510. The Kier molecular flexibility index (Phi) is 5.88. The zero-order valence-electron chi connectivity index (χ0n) is 13.5. The van der Waals surface area contributed by atoms with E-state index in [2.05, 4.69) is 31.0 Å². The predicted octanol–water partition coefficient (Wildman–Crippen LogP) is 3.05. The van der Waals surface area contributed by atoms with Crippen LogP contribution in [0.3, 0.4) is 0 Å². The Morgan fingerprint density at radius 1 is 1.25 bits per heavy atom. The molecule has 1 heterocycles. The number of hydrogen-bond acceptors (Lipinski definition) is 2. The van der Waals surface area contributed by atoms with Gasteiger partial charge in [-0.25, -0.2) is 0 Å². The van der Waals surface area contributed by atoms with Crippen LogP contribution in [0.25, 0.3) is 0 Å². The lowest BCUT2D eigenvalue weighted by Crippen LogP contribution is -2.51. The summed E-state index contributed by atoms with van der Waals surface area (Å²) >= 11 is 0. The van der Waals surface area contributed by atoms with Gasteiger partial charge >= 0.3 is 0 Å². The van der Waals surface area contributed by atoms with Crippen LogP contribution in [0.4, 0.5) is 0 Å². The minimum atomic E-state index is 0.365. The third-order valence-corrected chi connectivity index (χ3v) is 4.53. The van der Waals surface area contributed by atoms with Crippen LogP contribution in [-0.2, 0) is 4.79 Å². The van der Waals surface area contributed by atoms with Gasteiger partial charge in [0.2, 0.25) is 5.91 Å². The highest BCUT2D eigenvalue weighted by atomic mass is 16.2. The molecule has 0 radical (unpaired) electrons. The van der Waals surface area contributed by atoms with Crippen molar-refractivity contribution in [1.29, 1.82) is 0 Å². The maximum absolute atomic E-state index is 12.2. The second kappa shape index (κ2) is 7.44. The van der Waals surface area contributed by atoms with E-state index in [1.165, 1.54) is 25.7 Å². The van der Waals surface area contributed by atoms with Crippen molar-refractivity contribution in [2.75, 3.05) is 19.6 Å². The molecule has 0 bridgehead atoms. The summed E-state index contributed by atoms with van der Waals surface area (Å²) in [5.74, 6) is 2.73. The van der Waals surface area contributed by atoms with Crippen LogP contribution in [0.5, 0.6) is 0 Å².